The van der Waals surface area contributed by atoms with Crippen molar-refractivity contribution in [3.05, 3.63) is 72.3 Å². The van der Waals surface area contributed by atoms with Gasteiger partial charge in [-0.25, -0.2) is 0 Å². The van der Waals surface area contributed by atoms with E-state index in [0.717, 1.165) is 38.1 Å². The van der Waals surface area contributed by atoms with Crippen LogP contribution in [0.25, 0.3) is 43.4 Å². The quantitative estimate of drug-likeness (QED) is 0.376. The van der Waals surface area contributed by atoms with Crippen LogP contribution in [0.3, 0.4) is 0 Å². The molecule has 0 saturated heterocycles. The van der Waals surface area contributed by atoms with E-state index in [-0.39, 0.29) is 0 Å². The highest BCUT2D eigenvalue weighted by molar-refractivity contribution is 6.32. The third-order valence-electron chi connectivity index (χ3n) is 4.63. The molecule has 0 amide bonds. The highest BCUT2D eigenvalue weighted by Crippen LogP contribution is 2.39. The van der Waals surface area contributed by atoms with Gasteiger partial charge in [0.25, 0.3) is 0 Å². The van der Waals surface area contributed by atoms with E-state index >= 15 is 0 Å². The molecule has 23 heavy (non-hydrogen) atoms. The second kappa shape index (κ2) is 4.34. The Morgan fingerprint density at radius 3 is 2.17 bits per heavy atom. The number of nitrogens with zero attached hydrogens (tertiary/aromatic N) is 1. The van der Waals surface area contributed by atoms with Gasteiger partial charge in [-0.1, -0.05) is 54.6 Å². The number of hydrogen-bond acceptors (Lipinski definition) is 1. The average molecular weight is 292 g/mol. The molecule has 2 nitrogen and oxygen atoms in total. The minimum absolute atomic E-state index is 0.728. The molecular weight excluding hydrogens is 280 g/mol. The minimum Gasteiger partial charge on any atom is -0.354 e. The lowest BCUT2D eigenvalue weighted by Crippen LogP contribution is -1.85. The largest absolute Gasteiger partial charge is 0.354 e. The molecule has 1 heterocycles. The Morgan fingerprint density at radius 2 is 1.35 bits per heavy atom. The van der Waals surface area contributed by atoms with Gasteiger partial charge in [-0.15, -0.1) is 0 Å². The van der Waals surface area contributed by atoms with Crippen LogP contribution >= 0.6 is 0 Å². The van der Waals surface area contributed by atoms with Crippen molar-refractivity contribution in [1.82, 2.24) is 4.98 Å². The predicted octanol–water partition coefficient (Wildman–Crippen LogP) is 5.50. The molecule has 0 radical (unpaired) electrons. The molecule has 0 atom stereocenters. The Bertz CT molecular complexity index is 1270. The summed E-state index contributed by atoms with van der Waals surface area (Å²) in [6, 6.07) is 25.0. The van der Waals surface area contributed by atoms with Crippen molar-refractivity contribution in [3.63, 3.8) is 0 Å². The molecular formula is C21H12N2. The summed E-state index contributed by atoms with van der Waals surface area (Å²) in [5, 5.41) is 16.4. The molecule has 106 valence electrons. The van der Waals surface area contributed by atoms with Gasteiger partial charge in [-0.2, -0.15) is 5.26 Å². The highest BCUT2D eigenvalue weighted by Gasteiger charge is 2.14. The number of aromatic nitrogens is 1. The Hall–Kier alpha value is -3.31. The fraction of sp³-hybridized carbons (Fsp3) is 0. The monoisotopic (exact) mass is 292 g/mol. The zero-order chi connectivity index (χ0) is 15.4. The zero-order valence-corrected chi connectivity index (χ0v) is 12.3. The zero-order valence-electron chi connectivity index (χ0n) is 12.3. The first kappa shape index (κ1) is 12.3. The highest BCUT2D eigenvalue weighted by atomic mass is 14.7. The predicted molar refractivity (Wildman–Crippen MR) is 95.5 cm³/mol. The molecule has 5 rings (SSSR count). The topological polar surface area (TPSA) is 39.6 Å². The smallest absolute Gasteiger partial charge is 0.0998 e. The van der Waals surface area contributed by atoms with Gasteiger partial charge in [-0.3, -0.25) is 0 Å². The Morgan fingerprint density at radius 1 is 0.652 bits per heavy atom. The maximum absolute atomic E-state index is 9.57. The third kappa shape index (κ3) is 1.51. The van der Waals surface area contributed by atoms with Crippen LogP contribution in [0.5, 0.6) is 0 Å². The van der Waals surface area contributed by atoms with E-state index in [0.29, 0.717) is 0 Å². The van der Waals surface area contributed by atoms with Crippen LogP contribution < -0.4 is 0 Å². The summed E-state index contributed by atoms with van der Waals surface area (Å²) < 4.78 is 0. The van der Waals surface area contributed by atoms with E-state index in [4.69, 9.17) is 0 Å². The standard InChI is InChI=1S/C21H12N2/c22-12-13-6-5-10-17-19(13)14-7-1-2-8-15(14)21-20(17)16-9-3-4-11-18(16)23-21/h1-11,23H. The molecule has 2 heteroatoms. The summed E-state index contributed by atoms with van der Waals surface area (Å²) in [7, 11) is 0. The number of nitrogens with one attached hydrogen (secondary N) is 1. The summed E-state index contributed by atoms with van der Waals surface area (Å²) in [6.45, 7) is 0. The van der Waals surface area contributed by atoms with Gasteiger partial charge < -0.3 is 4.98 Å². The van der Waals surface area contributed by atoms with E-state index in [1.54, 1.807) is 0 Å². The molecule has 0 saturated carbocycles. The first-order chi connectivity index (χ1) is 11.4. The molecule has 5 aromatic rings. The van der Waals surface area contributed by atoms with Crippen LogP contribution in [0.15, 0.2) is 66.7 Å². The number of para-hydroxylation sites is 1. The molecule has 1 aromatic heterocycles. The molecule has 0 spiro atoms. The van der Waals surface area contributed by atoms with Gasteiger partial charge in [0.1, 0.15) is 0 Å². The molecule has 0 fully saturated rings. The van der Waals surface area contributed by atoms with Crippen molar-refractivity contribution in [2.24, 2.45) is 0 Å². The van der Waals surface area contributed by atoms with Gasteiger partial charge in [-0.05, 0) is 22.9 Å². The lowest BCUT2D eigenvalue weighted by Gasteiger charge is -2.08. The number of aromatic amines is 1. The number of nitriles is 1. The average Bonchev–Trinajstić information content (AvgIpc) is 3.01. The Balaban J connectivity index is 2.25. The summed E-state index contributed by atoms with van der Waals surface area (Å²) in [4.78, 5) is 3.57. The Labute approximate surface area is 132 Å². The van der Waals surface area contributed by atoms with Gasteiger partial charge >= 0.3 is 0 Å². The first-order valence-electron chi connectivity index (χ1n) is 7.62. The summed E-state index contributed by atoms with van der Waals surface area (Å²) >= 11 is 0. The summed E-state index contributed by atoms with van der Waals surface area (Å²) in [5.74, 6) is 0. The van der Waals surface area contributed by atoms with Gasteiger partial charge in [0.05, 0.1) is 17.1 Å². The van der Waals surface area contributed by atoms with Crippen molar-refractivity contribution < 1.29 is 0 Å². The van der Waals surface area contributed by atoms with E-state index < -0.39 is 0 Å². The molecule has 0 aliphatic carbocycles. The summed E-state index contributed by atoms with van der Waals surface area (Å²) in [6.07, 6.45) is 0. The van der Waals surface area contributed by atoms with Crippen LogP contribution in [-0.2, 0) is 0 Å². The maximum Gasteiger partial charge on any atom is 0.0998 e. The van der Waals surface area contributed by atoms with Gasteiger partial charge in [0.2, 0.25) is 0 Å². The Kier molecular flexibility index (Phi) is 2.32. The van der Waals surface area contributed by atoms with E-state index in [9.17, 15) is 5.26 Å². The fourth-order valence-corrected chi connectivity index (χ4v) is 3.69. The lowest BCUT2D eigenvalue weighted by molar-refractivity contribution is 1.51. The van der Waals surface area contributed by atoms with Gasteiger partial charge in [0.15, 0.2) is 0 Å². The maximum atomic E-state index is 9.57. The molecule has 1 N–H and O–H groups in total. The van der Waals surface area contributed by atoms with Gasteiger partial charge in [0, 0.05) is 27.1 Å². The molecule has 4 aromatic carbocycles. The summed E-state index contributed by atoms with van der Waals surface area (Å²) in [5.41, 5.74) is 3.00. The van der Waals surface area contributed by atoms with Crippen molar-refractivity contribution in [3.8, 4) is 6.07 Å². The second-order valence-corrected chi connectivity index (χ2v) is 5.81. The van der Waals surface area contributed by atoms with Crippen molar-refractivity contribution in [2.45, 2.75) is 0 Å². The SMILES string of the molecule is N#Cc1cccc2c1c1ccccc1c1[nH]c3ccccc3c21. The van der Waals surface area contributed by atoms with E-state index in [2.05, 4.69) is 47.5 Å². The third-order valence-corrected chi connectivity index (χ3v) is 4.63. The lowest BCUT2D eigenvalue weighted by atomic mass is 9.94. The van der Waals surface area contributed by atoms with Crippen LogP contribution in [0.1, 0.15) is 5.56 Å². The van der Waals surface area contributed by atoms with Crippen molar-refractivity contribution in [1.29, 1.82) is 5.26 Å². The fourth-order valence-electron chi connectivity index (χ4n) is 3.69. The normalized spacial score (nSPS) is 11.4. The van der Waals surface area contributed by atoms with Crippen molar-refractivity contribution >= 4 is 43.4 Å². The minimum atomic E-state index is 0.728. The molecule has 0 bridgehead atoms. The van der Waals surface area contributed by atoms with Crippen LogP contribution in [0, 0.1) is 11.3 Å². The molecule has 0 aliphatic rings. The van der Waals surface area contributed by atoms with Crippen LogP contribution in [0.2, 0.25) is 0 Å². The first-order valence-corrected chi connectivity index (χ1v) is 7.62. The van der Waals surface area contributed by atoms with E-state index in [1.807, 2.05) is 30.3 Å². The number of rotatable bonds is 0. The van der Waals surface area contributed by atoms with Crippen LogP contribution in [0.4, 0.5) is 0 Å². The molecule has 0 aliphatic heterocycles. The number of benzene rings is 4. The van der Waals surface area contributed by atoms with Crippen LogP contribution in [-0.4, -0.2) is 4.98 Å². The van der Waals surface area contributed by atoms with Crippen molar-refractivity contribution in [2.75, 3.05) is 0 Å². The van der Waals surface area contributed by atoms with E-state index in [1.165, 1.54) is 10.8 Å². The number of fused-ring (bicyclic) bond motifs is 8. The molecule has 0 unspecified atom stereocenters. The number of hydrogen-bond donors (Lipinski definition) is 1. The number of H-pyrrole nitrogens is 1. The second-order valence-electron chi connectivity index (χ2n) is 5.81.